The molecule has 0 amide bonds. The normalized spacial score (nSPS) is 37.9. The van der Waals surface area contributed by atoms with Gasteiger partial charge in [0.05, 0.1) is 19.6 Å². The zero-order valence-corrected chi connectivity index (χ0v) is 8.41. The fourth-order valence-electron chi connectivity index (χ4n) is 2.68. The van der Waals surface area contributed by atoms with Crippen molar-refractivity contribution >= 4 is 11.9 Å². The third-order valence-corrected chi connectivity index (χ3v) is 3.49. The molecular weight excluding hydrogens is 184 g/mol. The van der Waals surface area contributed by atoms with E-state index in [0.717, 1.165) is 12.8 Å². The molecule has 3 rings (SSSR count). The molecule has 3 aliphatic rings. The lowest BCUT2D eigenvalue weighted by atomic mass is 9.38. The van der Waals surface area contributed by atoms with Crippen molar-refractivity contribution in [3.05, 3.63) is 0 Å². The summed E-state index contributed by atoms with van der Waals surface area (Å²) in [6, 6.07) is 0. The maximum atomic E-state index is 11.3. The molecule has 0 saturated heterocycles. The third kappa shape index (κ3) is 1.13. The van der Waals surface area contributed by atoms with E-state index in [1.54, 1.807) is 0 Å². The fraction of sp³-hybridized carbons (Fsp3) is 0.800. The van der Waals surface area contributed by atoms with Crippen LogP contribution in [0, 0.1) is 17.3 Å². The van der Waals surface area contributed by atoms with Crippen molar-refractivity contribution < 1.29 is 19.1 Å². The molecule has 1 atom stereocenters. The first-order valence-corrected chi connectivity index (χ1v) is 4.80. The fourth-order valence-corrected chi connectivity index (χ4v) is 2.68. The number of hydrogen-bond acceptors (Lipinski definition) is 4. The van der Waals surface area contributed by atoms with Gasteiger partial charge in [-0.2, -0.15) is 0 Å². The van der Waals surface area contributed by atoms with Crippen molar-refractivity contribution in [2.45, 2.75) is 19.8 Å². The second-order valence-corrected chi connectivity index (χ2v) is 4.31. The molecule has 2 bridgehead atoms. The lowest BCUT2D eigenvalue weighted by Gasteiger charge is -2.66. The van der Waals surface area contributed by atoms with Crippen LogP contribution in [0.4, 0.5) is 0 Å². The topological polar surface area (TPSA) is 52.6 Å². The van der Waals surface area contributed by atoms with Gasteiger partial charge in [0.15, 0.2) is 0 Å². The van der Waals surface area contributed by atoms with E-state index in [4.69, 9.17) is 9.47 Å². The molecule has 0 heterocycles. The van der Waals surface area contributed by atoms with Crippen LogP contribution in [0.2, 0.25) is 0 Å². The molecule has 0 aromatic heterocycles. The van der Waals surface area contributed by atoms with Gasteiger partial charge in [-0.15, -0.1) is 0 Å². The van der Waals surface area contributed by atoms with Crippen LogP contribution in [0.15, 0.2) is 0 Å². The van der Waals surface area contributed by atoms with Crippen LogP contribution in [0.3, 0.4) is 0 Å². The molecule has 0 spiro atoms. The molecule has 3 saturated carbocycles. The Labute approximate surface area is 82.6 Å². The third-order valence-electron chi connectivity index (χ3n) is 3.49. The van der Waals surface area contributed by atoms with Gasteiger partial charge < -0.3 is 9.47 Å². The van der Waals surface area contributed by atoms with Gasteiger partial charge in [0.2, 0.25) is 0 Å². The van der Waals surface area contributed by atoms with Crippen molar-refractivity contribution in [2.75, 3.05) is 13.7 Å². The first kappa shape index (κ1) is 9.49. The highest BCUT2D eigenvalue weighted by molar-refractivity contribution is 5.77. The average Bonchev–Trinajstić information content (AvgIpc) is 1.99. The lowest BCUT2D eigenvalue weighted by Crippen LogP contribution is -2.66. The molecule has 1 unspecified atom stereocenters. The number of rotatable bonds is 3. The van der Waals surface area contributed by atoms with Crippen LogP contribution < -0.4 is 0 Å². The molecule has 0 N–H and O–H groups in total. The summed E-state index contributed by atoms with van der Waals surface area (Å²) in [6.07, 6.45) is 2.00. The highest BCUT2D eigenvalue weighted by atomic mass is 16.5. The summed E-state index contributed by atoms with van der Waals surface area (Å²) in [5.74, 6) is 0.0165. The van der Waals surface area contributed by atoms with E-state index in [1.165, 1.54) is 14.0 Å². The predicted molar refractivity (Wildman–Crippen MR) is 47.3 cm³/mol. The maximum absolute atomic E-state index is 11.3. The molecule has 3 aliphatic carbocycles. The van der Waals surface area contributed by atoms with E-state index < -0.39 is 0 Å². The monoisotopic (exact) mass is 198 g/mol. The predicted octanol–water partition coefficient (Wildman–Crippen LogP) is 0.749. The molecule has 78 valence electrons. The zero-order valence-electron chi connectivity index (χ0n) is 8.41. The van der Waals surface area contributed by atoms with Crippen molar-refractivity contribution in [2.24, 2.45) is 17.3 Å². The molecule has 0 aliphatic heterocycles. The Morgan fingerprint density at radius 1 is 1.43 bits per heavy atom. The highest BCUT2D eigenvalue weighted by Crippen LogP contribution is 2.69. The molecule has 0 aromatic rings. The summed E-state index contributed by atoms with van der Waals surface area (Å²) in [6.45, 7) is 1.76. The van der Waals surface area contributed by atoms with Crippen molar-refractivity contribution in [1.82, 2.24) is 0 Å². The zero-order chi connectivity index (χ0) is 10.3. The van der Waals surface area contributed by atoms with Crippen LogP contribution in [-0.4, -0.2) is 25.7 Å². The second kappa shape index (κ2) is 2.97. The number of carbonyl (C=O) groups is 2. The summed E-state index contributed by atoms with van der Waals surface area (Å²) < 4.78 is 9.67. The largest absolute Gasteiger partial charge is 0.469 e. The minimum absolute atomic E-state index is 0.0214. The van der Waals surface area contributed by atoms with Gasteiger partial charge in [-0.25, -0.2) is 0 Å². The van der Waals surface area contributed by atoms with Crippen molar-refractivity contribution in [3.8, 4) is 0 Å². The summed E-state index contributed by atoms with van der Waals surface area (Å²) in [5, 5.41) is 0. The van der Waals surface area contributed by atoms with Gasteiger partial charge in [-0.1, -0.05) is 0 Å². The Morgan fingerprint density at radius 3 is 2.43 bits per heavy atom. The molecular formula is C10H14O4. The number of hydrogen-bond donors (Lipinski definition) is 0. The quantitative estimate of drug-likeness (QED) is 0.628. The Hall–Kier alpha value is -1.06. The van der Waals surface area contributed by atoms with Gasteiger partial charge >= 0.3 is 11.9 Å². The SMILES string of the molecule is COC(=O)C1C2CC1(COC(C)=O)C2. The van der Waals surface area contributed by atoms with Gasteiger partial charge in [0.25, 0.3) is 0 Å². The first-order chi connectivity index (χ1) is 6.59. The van der Waals surface area contributed by atoms with E-state index in [9.17, 15) is 9.59 Å². The number of carbonyl (C=O) groups excluding carboxylic acids is 2. The Kier molecular flexibility index (Phi) is 2.01. The van der Waals surface area contributed by atoms with Crippen LogP contribution in [0.25, 0.3) is 0 Å². The Balaban J connectivity index is 1.91. The van der Waals surface area contributed by atoms with E-state index in [-0.39, 0.29) is 23.3 Å². The molecule has 4 nitrogen and oxygen atoms in total. The smallest absolute Gasteiger partial charge is 0.309 e. The minimum Gasteiger partial charge on any atom is -0.469 e. The number of esters is 2. The number of ether oxygens (including phenoxy) is 2. The van der Waals surface area contributed by atoms with E-state index in [2.05, 4.69) is 0 Å². The van der Waals surface area contributed by atoms with Crippen molar-refractivity contribution in [1.29, 1.82) is 0 Å². The van der Waals surface area contributed by atoms with E-state index >= 15 is 0 Å². The summed E-state index contributed by atoms with van der Waals surface area (Å²) in [4.78, 5) is 22.0. The van der Waals surface area contributed by atoms with Crippen LogP contribution >= 0.6 is 0 Å². The lowest BCUT2D eigenvalue weighted by molar-refractivity contribution is -0.231. The van der Waals surface area contributed by atoms with Gasteiger partial charge in [0.1, 0.15) is 0 Å². The summed E-state index contributed by atoms with van der Waals surface area (Å²) in [7, 11) is 1.40. The van der Waals surface area contributed by atoms with Crippen LogP contribution in [0.1, 0.15) is 19.8 Å². The van der Waals surface area contributed by atoms with E-state index in [0.29, 0.717) is 12.5 Å². The van der Waals surface area contributed by atoms with Gasteiger partial charge in [-0.05, 0) is 18.8 Å². The minimum atomic E-state index is -0.279. The molecule has 14 heavy (non-hydrogen) atoms. The van der Waals surface area contributed by atoms with E-state index in [1.807, 2.05) is 0 Å². The Morgan fingerprint density at radius 2 is 2.07 bits per heavy atom. The first-order valence-electron chi connectivity index (χ1n) is 4.80. The van der Waals surface area contributed by atoms with Crippen LogP contribution in [0.5, 0.6) is 0 Å². The molecule has 0 radical (unpaired) electrons. The maximum Gasteiger partial charge on any atom is 0.309 e. The summed E-state index contributed by atoms with van der Waals surface area (Å²) in [5.41, 5.74) is -0.0799. The van der Waals surface area contributed by atoms with Crippen molar-refractivity contribution in [3.63, 3.8) is 0 Å². The van der Waals surface area contributed by atoms with Gasteiger partial charge in [0, 0.05) is 12.3 Å². The molecule has 4 heteroatoms. The number of methoxy groups -OCH3 is 1. The molecule has 0 aromatic carbocycles. The summed E-state index contributed by atoms with van der Waals surface area (Å²) >= 11 is 0. The molecule has 3 fully saturated rings. The Bertz CT molecular complexity index is 278. The average molecular weight is 198 g/mol. The standard InChI is InChI=1S/C10H14O4/c1-6(11)14-5-10-3-7(4-10)8(10)9(12)13-2/h7-8H,3-5H2,1-2H3. The van der Waals surface area contributed by atoms with Gasteiger partial charge in [-0.3, -0.25) is 9.59 Å². The van der Waals surface area contributed by atoms with Crippen LogP contribution in [-0.2, 0) is 19.1 Å². The highest BCUT2D eigenvalue weighted by Gasteiger charge is 2.69. The second-order valence-electron chi connectivity index (χ2n) is 4.31.